The van der Waals surface area contributed by atoms with Gasteiger partial charge in [0.25, 0.3) is 5.91 Å². The van der Waals surface area contributed by atoms with E-state index in [1.54, 1.807) is 26.2 Å². The molecule has 2 aromatic rings. The summed E-state index contributed by atoms with van der Waals surface area (Å²) in [4.78, 5) is 25.2. The summed E-state index contributed by atoms with van der Waals surface area (Å²) in [5.41, 5.74) is 1.68. The van der Waals surface area contributed by atoms with E-state index in [1.165, 1.54) is 34.5 Å². The highest BCUT2D eigenvalue weighted by molar-refractivity contribution is 7.89. The highest BCUT2D eigenvalue weighted by Crippen LogP contribution is 2.31. The third-order valence-electron chi connectivity index (χ3n) is 4.91. The number of aromatic amines is 1. The zero-order valence-corrected chi connectivity index (χ0v) is 17.5. The van der Waals surface area contributed by atoms with Crippen molar-refractivity contribution in [3.8, 4) is 0 Å². The topological polar surface area (TPSA) is 115 Å². The highest BCUT2D eigenvalue weighted by atomic mass is 32.2. The zero-order chi connectivity index (χ0) is 21.2. The van der Waals surface area contributed by atoms with E-state index in [2.05, 4.69) is 15.5 Å². The highest BCUT2D eigenvalue weighted by Gasteiger charge is 2.33. The number of nitrogens with one attached hydrogen (secondary N) is 2. The van der Waals surface area contributed by atoms with Crippen LogP contribution in [-0.4, -0.2) is 66.8 Å². The molecule has 1 unspecified atom stereocenters. The van der Waals surface area contributed by atoms with Crippen LogP contribution in [0.25, 0.3) is 0 Å². The van der Waals surface area contributed by atoms with Crippen molar-refractivity contribution < 1.29 is 18.0 Å². The number of carbonyl (C=O) groups excluding carboxylic acids is 2. The Morgan fingerprint density at radius 3 is 2.55 bits per heavy atom. The molecule has 1 aromatic carbocycles. The van der Waals surface area contributed by atoms with Crippen LogP contribution in [0.5, 0.6) is 0 Å². The van der Waals surface area contributed by atoms with Gasteiger partial charge in [-0.2, -0.15) is 9.40 Å². The number of carbonyl (C=O) groups is 2. The van der Waals surface area contributed by atoms with E-state index in [1.807, 2.05) is 0 Å². The molecular weight excluding hydrogens is 394 g/mol. The lowest BCUT2D eigenvalue weighted by molar-refractivity contribution is -0.114. The fourth-order valence-corrected chi connectivity index (χ4v) is 5.00. The van der Waals surface area contributed by atoms with Crippen LogP contribution in [0, 0.1) is 0 Å². The Kier molecular flexibility index (Phi) is 6.04. The SMILES string of the molecule is CC(=O)Nc1ccc(S(=O)(=O)N2CCCC(c3[nH]ncc3C(=O)N(C)C)C2)cc1. The molecule has 3 rings (SSSR count). The van der Waals surface area contributed by atoms with Crippen molar-refractivity contribution >= 4 is 27.5 Å². The van der Waals surface area contributed by atoms with Gasteiger partial charge in [0.2, 0.25) is 15.9 Å². The summed E-state index contributed by atoms with van der Waals surface area (Å²) < 4.78 is 27.6. The Bertz CT molecular complexity index is 998. The number of hydrogen-bond donors (Lipinski definition) is 2. The number of benzene rings is 1. The maximum atomic E-state index is 13.1. The number of hydrogen-bond acceptors (Lipinski definition) is 5. The van der Waals surface area contributed by atoms with Gasteiger partial charge in [-0.3, -0.25) is 14.7 Å². The quantitative estimate of drug-likeness (QED) is 0.764. The molecule has 29 heavy (non-hydrogen) atoms. The summed E-state index contributed by atoms with van der Waals surface area (Å²) in [6.07, 6.45) is 2.94. The fraction of sp³-hybridized carbons (Fsp3) is 0.421. The van der Waals surface area contributed by atoms with Crippen molar-refractivity contribution in [2.75, 3.05) is 32.5 Å². The summed E-state index contributed by atoms with van der Waals surface area (Å²) in [5, 5.41) is 9.51. The average molecular weight is 420 g/mol. The first kappa shape index (κ1) is 21.0. The van der Waals surface area contributed by atoms with Crippen LogP contribution in [-0.2, 0) is 14.8 Å². The first-order valence-corrected chi connectivity index (χ1v) is 10.8. The van der Waals surface area contributed by atoms with Gasteiger partial charge in [0.05, 0.1) is 22.3 Å². The number of amides is 2. The monoisotopic (exact) mass is 419 g/mol. The molecule has 2 heterocycles. The smallest absolute Gasteiger partial charge is 0.256 e. The molecule has 0 aliphatic carbocycles. The molecule has 1 fully saturated rings. The first-order chi connectivity index (χ1) is 13.7. The van der Waals surface area contributed by atoms with Crippen LogP contribution in [0.4, 0.5) is 5.69 Å². The molecule has 10 heteroatoms. The van der Waals surface area contributed by atoms with E-state index >= 15 is 0 Å². The zero-order valence-electron chi connectivity index (χ0n) is 16.7. The van der Waals surface area contributed by atoms with Gasteiger partial charge in [0, 0.05) is 45.7 Å². The van der Waals surface area contributed by atoms with Crippen molar-refractivity contribution in [2.45, 2.75) is 30.6 Å². The Morgan fingerprint density at radius 1 is 1.24 bits per heavy atom. The molecule has 1 saturated heterocycles. The first-order valence-electron chi connectivity index (χ1n) is 9.33. The Morgan fingerprint density at radius 2 is 1.93 bits per heavy atom. The minimum Gasteiger partial charge on any atom is -0.345 e. The number of piperidine rings is 1. The minimum atomic E-state index is -3.69. The maximum absolute atomic E-state index is 13.1. The summed E-state index contributed by atoms with van der Waals surface area (Å²) in [6, 6.07) is 6.11. The molecule has 0 radical (unpaired) electrons. The third kappa shape index (κ3) is 4.48. The largest absolute Gasteiger partial charge is 0.345 e. The van der Waals surface area contributed by atoms with E-state index in [-0.39, 0.29) is 29.2 Å². The normalized spacial score (nSPS) is 17.7. The van der Waals surface area contributed by atoms with E-state index in [4.69, 9.17) is 0 Å². The van der Waals surface area contributed by atoms with Gasteiger partial charge >= 0.3 is 0 Å². The van der Waals surface area contributed by atoms with Crippen molar-refractivity contribution in [1.82, 2.24) is 19.4 Å². The predicted molar refractivity (Wildman–Crippen MR) is 108 cm³/mol. The number of anilines is 1. The van der Waals surface area contributed by atoms with Gasteiger partial charge in [0.15, 0.2) is 0 Å². The van der Waals surface area contributed by atoms with Crippen molar-refractivity contribution in [3.05, 3.63) is 41.7 Å². The predicted octanol–water partition coefficient (Wildman–Crippen LogP) is 1.64. The number of aromatic nitrogens is 2. The number of rotatable bonds is 5. The van der Waals surface area contributed by atoms with E-state index < -0.39 is 10.0 Å². The molecule has 1 atom stereocenters. The van der Waals surface area contributed by atoms with E-state index in [0.717, 1.165) is 6.42 Å². The molecule has 2 amide bonds. The molecular formula is C19H25N5O4S. The lowest BCUT2D eigenvalue weighted by Crippen LogP contribution is -2.39. The second kappa shape index (κ2) is 8.34. The average Bonchev–Trinajstić information content (AvgIpc) is 3.17. The second-order valence-corrected chi connectivity index (χ2v) is 9.24. The molecule has 1 aliphatic heterocycles. The molecule has 2 N–H and O–H groups in total. The van der Waals surface area contributed by atoms with E-state index in [0.29, 0.717) is 29.9 Å². The molecule has 9 nitrogen and oxygen atoms in total. The summed E-state index contributed by atoms with van der Waals surface area (Å²) >= 11 is 0. The molecule has 0 spiro atoms. The summed E-state index contributed by atoms with van der Waals surface area (Å²) in [5.74, 6) is -0.525. The van der Waals surface area contributed by atoms with Gasteiger partial charge in [-0.1, -0.05) is 0 Å². The van der Waals surface area contributed by atoms with Crippen molar-refractivity contribution in [1.29, 1.82) is 0 Å². The number of sulfonamides is 1. The van der Waals surface area contributed by atoms with Crippen molar-refractivity contribution in [3.63, 3.8) is 0 Å². The Balaban J connectivity index is 1.81. The third-order valence-corrected chi connectivity index (χ3v) is 6.79. The Hall–Kier alpha value is -2.72. The van der Waals surface area contributed by atoms with Gasteiger partial charge in [-0.15, -0.1) is 0 Å². The standard InChI is InChI=1S/C19H25N5O4S/c1-13(25)21-15-6-8-16(9-7-15)29(27,28)24-10-4-5-14(12-24)18-17(11-20-22-18)19(26)23(2)3/h6-9,11,14H,4-5,10,12H2,1-3H3,(H,20,22)(H,21,25). The number of nitrogens with zero attached hydrogens (tertiary/aromatic N) is 3. The van der Waals surface area contributed by atoms with Gasteiger partial charge in [0.1, 0.15) is 0 Å². The van der Waals surface area contributed by atoms with Crippen molar-refractivity contribution in [2.24, 2.45) is 0 Å². The van der Waals surface area contributed by atoms with Crippen LogP contribution in [0.2, 0.25) is 0 Å². The van der Waals surface area contributed by atoms with Crippen LogP contribution in [0.3, 0.4) is 0 Å². The second-order valence-electron chi connectivity index (χ2n) is 7.30. The molecule has 0 bridgehead atoms. The van der Waals surface area contributed by atoms with Gasteiger partial charge in [-0.25, -0.2) is 8.42 Å². The summed E-state index contributed by atoms with van der Waals surface area (Å²) in [6.45, 7) is 2.08. The lowest BCUT2D eigenvalue weighted by atomic mass is 9.93. The van der Waals surface area contributed by atoms with E-state index in [9.17, 15) is 18.0 Å². The molecule has 0 saturated carbocycles. The summed E-state index contributed by atoms with van der Waals surface area (Å²) in [7, 11) is -0.354. The lowest BCUT2D eigenvalue weighted by Gasteiger charge is -2.32. The van der Waals surface area contributed by atoms with Crippen LogP contribution in [0.1, 0.15) is 41.7 Å². The maximum Gasteiger partial charge on any atom is 0.256 e. The van der Waals surface area contributed by atoms with Crippen LogP contribution in [0.15, 0.2) is 35.4 Å². The van der Waals surface area contributed by atoms with Gasteiger partial charge < -0.3 is 10.2 Å². The number of H-pyrrole nitrogens is 1. The molecule has 1 aliphatic rings. The molecule has 156 valence electrons. The van der Waals surface area contributed by atoms with Crippen LogP contribution >= 0.6 is 0 Å². The Labute approximate surface area is 170 Å². The van der Waals surface area contributed by atoms with Crippen LogP contribution < -0.4 is 5.32 Å². The minimum absolute atomic E-state index is 0.140. The molecule has 1 aromatic heterocycles. The van der Waals surface area contributed by atoms with Gasteiger partial charge in [-0.05, 0) is 37.1 Å². The fourth-order valence-electron chi connectivity index (χ4n) is 3.48.